The number of amides is 1. The summed E-state index contributed by atoms with van der Waals surface area (Å²) in [5.74, 6) is 0.242. The lowest BCUT2D eigenvalue weighted by atomic mass is 10.1. The van der Waals surface area contributed by atoms with Crippen LogP contribution in [0, 0.1) is 13.8 Å². The van der Waals surface area contributed by atoms with E-state index in [2.05, 4.69) is 27.2 Å². The summed E-state index contributed by atoms with van der Waals surface area (Å²) >= 11 is 1.44. The highest BCUT2D eigenvalue weighted by atomic mass is 32.1. The Morgan fingerprint density at radius 3 is 2.45 bits per heavy atom. The van der Waals surface area contributed by atoms with Crippen LogP contribution in [0.5, 0.6) is 0 Å². The molecule has 0 spiro atoms. The number of hydrogen-bond acceptors (Lipinski definition) is 6. The first kappa shape index (κ1) is 21.0. The summed E-state index contributed by atoms with van der Waals surface area (Å²) in [6, 6.07) is 21.9. The fourth-order valence-corrected chi connectivity index (χ4v) is 4.54. The second-order valence-corrected chi connectivity index (χ2v) is 8.60. The first-order valence-corrected chi connectivity index (χ1v) is 11.5. The lowest BCUT2D eigenvalue weighted by Gasteiger charge is -2.18. The van der Waals surface area contributed by atoms with Crippen molar-refractivity contribution in [2.75, 3.05) is 11.4 Å². The Morgan fingerprint density at radius 2 is 1.70 bits per heavy atom. The highest BCUT2D eigenvalue weighted by Gasteiger charge is 2.25. The normalized spacial score (nSPS) is 11.1. The Labute approximate surface area is 195 Å². The van der Waals surface area contributed by atoms with Crippen molar-refractivity contribution in [2.24, 2.45) is 0 Å². The molecule has 2 aromatic carbocycles. The van der Waals surface area contributed by atoms with Gasteiger partial charge in [-0.3, -0.25) is 9.69 Å². The Bertz CT molecular complexity index is 1410. The smallest absolute Gasteiger partial charge is 0.281 e. The quantitative estimate of drug-likeness (QED) is 0.370. The van der Waals surface area contributed by atoms with Gasteiger partial charge in [-0.25, -0.2) is 14.5 Å². The molecule has 1 amide bonds. The lowest BCUT2D eigenvalue weighted by Crippen LogP contribution is -2.33. The SMILES string of the molecule is Cc1cc(C)n2nc(C(=O)N(CCc3ccccc3)c3nc(-c4ccccc4)cs3)nc2n1. The highest BCUT2D eigenvalue weighted by Crippen LogP contribution is 2.28. The van der Waals surface area contributed by atoms with Crippen LogP contribution < -0.4 is 4.90 Å². The number of nitrogens with zero attached hydrogens (tertiary/aromatic N) is 6. The van der Waals surface area contributed by atoms with Crippen molar-refractivity contribution in [1.82, 2.24) is 24.6 Å². The van der Waals surface area contributed by atoms with Gasteiger partial charge in [0.1, 0.15) is 0 Å². The van der Waals surface area contributed by atoms with Crippen LogP contribution in [-0.2, 0) is 6.42 Å². The van der Waals surface area contributed by atoms with Gasteiger partial charge in [-0.15, -0.1) is 16.4 Å². The van der Waals surface area contributed by atoms with E-state index in [-0.39, 0.29) is 11.7 Å². The van der Waals surface area contributed by atoms with E-state index in [9.17, 15) is 4.79 Å². The third-order valence-electron chi connectivity index (χ3n) is 5.31. The number of aryl methyl sites for hydroxylation is 2. The number of rotatable bonds is 6. The molecule has 3 aromatic heterocycles. The molecule has 164 valence electrons. The summed E-state index contributed by atoms with van der Waals surface area (Å²) < 4.78 is 1.60. The van der Waals surface area contributed by atoms with E-state index < -0.39 is 0 Å². The highest BCUT2D eigenvalue weighted by molar-refractivity contribution is 7.14. The van der Waals surface area contributed by atoms with Gasteiger partial charge in [0.25, 0.3) is 11.7 Å². The average Bonchev–Trinajstić information content (AvgIpc) is 3.48. The Morgan fingerprint density at radius 1 is 0.970 bits per heavy atom. The van der Waals surface area contributed by atoms with Crippen molar-refractivity contribution in [2.45, 2.75) is 20.3 Å². The molecule has 0 aliphatic heterocycles. The summed E-state index contributed by atoms with van der Waals surface area (Å²) in [6.07, 6.45) is 0.691. The second-order valence-electron chi connectivity index (χ2n) is 7.76. The molecule has 0 aliphatic rings. The standard InChI is InChI=1S/C25H22N6OS/c1-17-15-18(2)31-24(26-17)28-22(29-31)23(32)30(14-13-19-9-5-3-6-10-19)25-27-21(16-33-25)20-11-7-4-8-12-20/h3-12,15-16H,13-14H2,1-2H3. The molecule has 0 bridgehead atoms. The van der Waals surface area contributed by atoms with Crippen LogP contribution in [0.15, 0.2) is 72.1 Å². The van der Waals surface area contributed by atoms with Crippen molar-refractivity contribution in [1.29, 1.82) is 0 Å². The van der Waals surface area contributed by atoms with Crippen LogP contribution >= 0.6 is 11.3 Å². The molecule has 7 nitrogen and oxygen atoms in total. The zero-order chi connectivity index (χ0) is 22.8. The van der Waals surface area contributed by atoms with E-state index >= 15 is 0 Å². The van der Waals surface area contributed by atoms with Crippen LogP contribution in [0.4, 0.5) is 5.13 Å². The van der Waals surface area contributed by atoms with Gasteiger partial charge in [0.2, 0.25) is 5.82 Å². The van der Waals surface area contributed by atoms with Gasteiger partial charge in [-0.1, -0.05) is 60.7 Å². The van der Waals surface area contributed by atoms with Gasteiger partial charge >= 0.3 is 0 Å². The minimum absolute atomic E-state index is 0.112. The van der Waals surface area contributed by atoms with Crippen LogP contribution in [0.1, 0.15) is 27.6 Å². The third kappa shape index (κ3) is 4.38. The number of benzene rings is 2. The van der Waals surface area contributed by atoms with Crippen molar-refractivity contribution in [3.8, 4) is 11.3 Å². The molecule has 8 heteroatoms. The molecule has 5 rings (SSSR count). The number of fused-ring (bicyclic) bond motifs is 1. The van der Waals surface area contributed by atoms with Crippen molar-refractivity contribution in [3.05, 3.63) is 94.9 Å². The molecule has 0 saturated carbocycles. The van der Waals surface area contributed by atoms with Crippen molar-refractivity contribution < 1.29 is 4.79 Å². The topological polar surface area (TPSA) is 76.3 Å². The molecule has 5 aromatic rings. The zero-order valence-corrected chi connectivity index (χ0v) is 19.2. The molecular formula is C25H22N6OS. The summed E-state index contributed by atoms with van der Waals surface area (Å²) in [4.78, 5) is 28.9. The monoisotopic (exact) mass is 454 g/mol. The van der Waals surface area contributed by atoms with E-state index in [0.29, 0.717) is 23.9 Å². The largest absolute Gasteiger partial charge is 0.299 e. The molecule has 3 heterocycles. The molecule has 0 atom stereocenters. The van der Waals surface area contributed by atoms with Gasteiger partial charge in [-0.2, -0.15) is 4.98 Å². The van der Waals surface area contributed by atoms with Crippen LogP contribution in [-0.4, -0.2) is 37.0 Å². The number of carbonyl (C=O) groups excluding carboxylic acids is 1. The molecule has 0 N–H and O–H groups in total. The maximum atomic E-state index is 13.6. The summed E-state index contributed by atoms with van der Waals surface area (Å²) in [5.41, 5.74) is 4.70. The number of thiazole rings is 1. The molecule has 33 heavy (non-hydrogen) atoms. The third-order valence-corrected chi connectivity index (χ3v) is 6.18. The van der Waals surface area contributed by atoms with E-state index in [1.165, 1.54) is 11.3 Å². The van der Waals surface area contributed by atoms with E-state index in [0.717, 1.165) is 28.2 Å². The predicted octanol–water partition coefficient (Wildman–Crippen LogP) is 4.75. The van der Waals surface area contributed by atoms with E-state index in [1.807, 2.05) is 73.8 Å². The maximum absolute atomic E-state index is 13.6. The van der Waals surface area contributed by atoms with Gasteiger partial charge in [-0.05, 0) is 31.9 Å². The predicted molar refractivity (Wildman–Crippen MR) is 130 cm³/mol. The molecule has 0 radical (unpaired) electrons. The van der Waals surface area contributed by atoms with Gasteiger partial charge < -0.3 is 0 Å². The molecule has 0 aliphatic carbocycles. The summed E-state index contributed by atoms with van der Waals surface area (Å²) in [5, 5.41) is 7.04. The van der Waals surface area contributed by atoms with Crippen LogP contribution in [0.3, 0.4) is 0 Å². The van der Waals surface area contributed by atoms with Gasteiger partial charge in [0.05, 0.1) is 5.69 Å². The Hall–Kier alpha value is -3.91. The first-order valence-electron chi connectivity index (χ1n) is 10.7. The zero-order valence-electron chi connectivity index (χ0n) is 18.3. The molecular weight excluding hydrogens is 432 g/mol. The maximum Gasteiger partial charge on any atom is 0.299 e. The number of hydrogen-bond donors (Lipinski definition) is 0. The summed E-state index contributed by atoms with van der Waals surface area (Å²) in [7, 11) is 0. The fourth-order valence-electron chi connectivity index (χ4n) is 3.68. The first-order chi connectivity index (χ1) is 16.1. The van der Waals surface area contributed by atoms with Crippen molar-refractivity contribution in [3.63, 3.8) is 0 Å². The molecule has 0 saturated heterocycles. The average molecular weight is 455 g/mol. The lowest BCUT2D eigenvalue weighted by molar-refractivity contribution is 0.0977. The van der Waals surface area contributed by atoms with Gasteiger partial charge in [0.15, 0.2) is 5.13 Å². The minimum atomic E-state index is -0.289. The van der Waals surface area contributed by atoms with Crippen molar-refractivity contribution >= 4 is 28.2 Å². The second kappa shape index (κ2) is 8.91. The Kier molecular flexibility index (Phi) is 5.66. The minimum Gasteiger partial charge on any atom is -0.281 e. The van der Waals surface area contributed by atoms with Crippen LogP contribution in [0.25, 0.3) is 17.0 Å². The van der Waals surface area contributed by atoms with E-state index in [1.54, 1.807) is 9.42 Å². The number of carbonyl (C=O) groups is 1. The fraction of sp³-hybridized carbons (Fsp3) is 0.160. The summed E-state index contributed by atoms with van der Waals surface area (Å²) in [6.45, 7) is 4.28. The van der Waals surface area contributed by atoms with E-state index in [4.69, 9.17) is 4.98 Å². The Balaban J connectivity index is 1.50. The van der Waals surface area contributed by atoms with Gasteiger partial charge in [0, 0.05) is 28.9 Å². The number of aromatic nitrogens is 5. The number of anilines is 1. The van der Waals surface area contributed by atoms with Crippen LogP contribution in [0.2, 0.25) is 0 Å². The molecule has 0 fully saturated rings. The molecule has 0 unspecified atom stereocenters.